The zero-order valence-electron chi connectivity index (χ0n) is 16.9. The maximum Gasteiger partial charge on any atom is 0.338 e. The smallest absolute Gasteiger partial charge is 0.338 e. The zero-order valence-corrected chi connectivity index (χ0v) is 17.7. The summed E-state index contributed by atoms with van der Waals surface area (Å²) in [4.78, 5) is 24.5. The van der Waals surface area contributed by atoms with Gasteiger partial charge in [0.25, 0.3) is 5.91 Å². The molecule has 0 fully saturated rings. The van der Waals surface area contributed by atoms with E-state index in [0.717, 1.165) is 5.56 Å². The largest absolute Gasteiger partial charge is 0.496 e. The normalized spacial score (nSPS) is 14.9. The van der Waals surface area contributed by atoms with E-state index >= 15 is 0 Å². The Labute approximate surface area is 180 Å². The topological polar surface area (TPSA) is 84.9 Å². The molecule has 2 N–H and O–H groups in total. The minimum absolute atomic E-state index is 0.0626. The molecule has 30 heavy (non-hydrogen) atoms. The minimum Gasteiger partial charge on any atom is -0.496 e. The van der Waals surface area contributed by atoms with Crippen LogP contribution in [0.1, 0.15) is 41.8 Å². The number of amides is 1. The molecule has 1 heterocycles. The van der Waals surface area contributed by atoms with Crippen molar-refractivity contribution in [2.75, 3.05) is 12.4 Å². The van der Waals surface area contributed by atoms with Crippen LogP contribution >= 0.6 is 11.6 Å². The summed E-state index contributed by atoms with van der Waals surface area (Å²) < 4.78 is 10.4. The van der Waals surface area contributed by atoms with Gasteiger partial charge in [0.1, 0.15) is 12.4 Å². The predicted octanol–water partition coefficient (Wildman–Crippen LogP) is 3.69. The molecule has 1 aliphatic heterocycles. The van der Waals surface area contributed by atoms with Gasteiger partial charge in [0.05, 0.1) is 12.7 Å². The summed E-state index contributed by atoms with van der Waals surface area (Å²) in [5, 5.41) is 14.2. The monoisotopic (exact) mass is 427 g/mol. The lowest BCUT2D eigenvalue weighted by molar-refractivity contribution is -0.130. The van der Waals surface area contributed by atoms with E-state index in [2.05, 4.69) is 11.2 Å². The number of halogens is 1. The van der Waals surface area contributed by atoms with Crippen LogP contribution in [-0.2, 0) is 21.6 Å². The van der Waals surface area contributed by atoms with E-state index in [0.29, 0.717) is 27.6 Å². The van der Waals surface area contributed by atoms with Crippen LogP contribution < -0.4 is 10.1 Å². The zero-order chi connectivity index (χ0) is 22.1. The van der Waals surface area contributed by atoms with Crippen molar-refractivity contribution in [3.8, 4) is 18.1 Å². The van der Waals surface area contributed by atoms with Crippen molar-refractivity contribution in [1.29, 1.82) is 0 Å². The Morgan fingerprint density at radius 2 is 2.07 bits per heavy atom. The number of carbonyl (C=O) groups is 2. The van der Waals surface area contributed by atoms with Crippen LogP contribution in [0.4, 0.5) is 5.69 Å². The van der Waals surface area contributed by atoms with E-state index in [9.17, 15) is 14.7 Å². The van der Waals surface area contributed by atoms with E-state index in [1.54, 1.807) is 36.4 Å². The van der Waals surface area contributed by atoms with Gasteiger partial charge in [0, 0.05) is 22.7 Å². The van der Waals surface area contributed by atoms with Gasteiger partial charge in [-0.25, -0.2) is 4.79 Å². The van der Waals surface area contributed by atoms with Crippen LogP contribution in [0.15, 0.2) is 36.4 Å². The van der Waals surface area contributed by atoms with Crippen molar-refractivity contribution in [2.24, 2.45) is 0 Å². The Morgan fingerprint density at radius 3 is 2.73 bits per heavy atom. The van der Waals surface area contributed by atoms with Gasteiger partial charge in [-0.05, 0) is 41.3 Å². The quantitative estimate of drug-likeness (QED) is 0.542. The summed E-state index contributed by atoms with van der Waals surface area (Å²) in [6, 6.07) is 9.92. The summed E-state index contributed by atoms with van der Waals surface area (Å²) >= 11 is 6.04. The first-order valence-electron chi connectivity index (χ1n) is 9.25. The molecule has 2 aromatic carbocycles. The number of terminal acetylenes is 1. The number of anilines is 1. The lowest BCUT2D eigenvalue weighted by atomic mass is 9.74. The van der Waals surface area contributed by atoms with Gasteiger partial charge in [-0.2, -0.15) is 0 Å². The molecule has 7 heteroatoms. The van der Waals surface area contributed by atoms with Crippen LogP contribution in [-0.4, -0.2) is 29.7 Å². The number of aliphatic hydroxyl groups is 1. The fourth-order valence-electron chi connectivity index (χ4n) is 3.60. The number of carbonyl (C=O) groups excluding carboxylic acids is 2. The Hall–Kier alpha value is -3.01. The highest BCUT2D eigenvalue weighted by Crippen LogP contribution is 2.39. The summed E-state index contributed by atoms with van der Waals surface area (Å²) in [6.07, 6.45) is 5.51. The van der Waals surface area contributed by atoms with Crippen molar-refractivity contribution >= 4 is 29.2 Å². The highest BCUT2D eigenvalue weighted by molar-refractivity contribution is 6.30. The van der Waals surface area contributed by atoms with Crippen molar-refractivity contribution in [2.45, 2.75) is 37.9 Å². The molecule has 0 radical (unpaired) electrons. The SMILES string of the molecule is C#CC(O)(CC(C)(C)c1ccc(Cl)cc1OC)C(=O)Nc1ccc2c(c1)COC2=O. The van der Waals surface area contributed by atoms with Gasteiger partial charge in [0.2, 0.25) is 5.60 Å². The van der Waals surface area contributed by atoms with Gasteiger partial charge < -0.3 is 19.9 Å². The van der Waals surface area contributed by atoms with Crippen molar-refractivity contribution in [3.63, 3.8) is 0 Å². The number of fused-ring (bicyclic) bond motifs is 1. The van der Waals surface area contributed by atoms with Crippen molar-refractivity contribution in [1.82, 2.24) is 0 Å². The summed E-state index contributed by atoms with van der Waals surface area (Å²) in [6.45, 7) is 3.85. The van der Waals surface area contributed by atoms with Crippen LogP contribution in [0.25, 0.3) is 0 Å². The van der Waals surface area contributed by atoms with E-state index < -0.39 is 22.9 Å². The molecule has 1 unspecified atom stereocenters. The maximum atomic E-state index is 12.9. The minimum atomic E-state index is -2.08. The van der Waals surface area contributed by atoms with E-state index in [-0.39, 0.29) is 13.0 Å². The number of cyclic esters (lactones) is 1. The predicted molar refractivity (Wildman–Crippen MR) is 114 cm³/mol. The average Bonchev–Trinajstić information content (AvgIpc) is 3.07. The molecule has 2 aromatic rings. The third-order valence-electron chi connectivity index (χ3n) is 5.15. The molecule has 3 rings (SSSR count). The molecule has 0 saturated carbocycles. The average molecular weight is 428 g/mol. The van der Waals surface area contributed by atoms with Crippen LogP contribution in [0.2, 0.25) is 5.02 Å². The Bertz CT molecular complexity index is 1060. The summed E-state index contributed by atoms with van der Waals surface area (Å²) in [7, 11) is 1.52. The number of hydrogen-bond acceptors (Lipinski definition) is 5. The Balaban J connectivity index is 1.84. The highest BCUT2D eigenvalue weighted by Gasteiger charge is 2.41. The third-order valence-corrected chi connectivity index (χ3v) is 5.38. The molecule has 156 valence electrons. The molecular formula is C23H22ClNO5. The second-order valence-electron chi connectivity index (χ2n) is 7.81. The lowest BCUT2D eigenvalue weighted by Crippen LogP contribution is -2.46. The molecule has 0 bridgehead atoms. The maximum absolute atomic E-state index is 12.9. The first-order chi connectivity index (χ1) is 14.1. The number of nitrogens with one attached hydrogen (secondary N) is 1. The number of hydrogen-bond donors (Lipinski definition) is 2. The summed E-state index contributed by atoms with van der Waals surface area (Å²) in [5.41, 5.74) is -0.521. The fraction of sp³-hybridized carbons (Fsp3) is 0.304. The third kappa shape index (κ3) is 4.13. The number of benzene rings is 2. The second-order valence-corrected chi connectivity index (χ2v) is 8.25. The molecule has 1 atom stereocenters. The molecule has 1 aliphatic rings. The van der Waals surface area contributed by atoms with E-state index in [1.165, 1.54) is 7.11 Å². The molecule has 0 aliphatic carbocycles. The Morgan fingerprint density at radius 1 is 1.33 bits per heavy atom. The molecular weight excluding hydrogens is 406 g/mol. The standard InChI is InChI=1S/C23H22ClNO5/c1-5-23(28,13-22(2,3)18-9-6-15(24)11-19(18)29-4)21(27)25-16-7-8-17-14(10-16)12-30-20(17)26/h1,6-11,28H,12-13H2,2-4H3,(H,25,27). The Kier molecular flexibility index (Phi) is 5.80. The highest BCUT2D eigenvalue weighted by atomic mass is 35.5. The number of esters is 1. The number of ether oxygens (including phenoxy) is 2. The van der Waals surface area contributed by atoms with Gasteiger partial charge in [-0.15, -0.1) is 6.42 Å². The number of methoxy groups -OCH3 is 1. The van der Waals surface area contributed by atoms with E-state index in [4.69, 9.17) is 27.5 Å². The number of rotatable bonds is 6. The van der Waals surface area contributed by atoms with Gasteiger partial charge >= 0.3 is 5.97 Å². The first-order valence-corrected chi connectivity index (χ1v) is 9.63. The molecule has 0 aromatic heterocycles. The lowest BCUT2D eigenvalue weighted by Gasteiger charge is -2.33. The summed E-state index contributed by atoms with van der Waals surface area (Å²) in [5.74, 6) is 1.63. The first kappa shape index (κ1) is 21.7. The van der Waals surface area contributed by atoms with Gasteiger partial charge in [-0.1, -0.05) is 37.4 Å². The van der Waals surface area contributed by atoms with Crippen LogP contribution in [0.5, 0.6) is 5.75 Å². The van der Waals surface area contributed by atoms with Crippen molar-refractivity contribution < 1.29 is 24.2 Å². The molecule has 0 saturated heterocycles. The molecule has 6 nitrogen and oxygen atoms in total. The van der Waals surface area contributed by atoms with Crippen molar-refractivity contribution in [3.05, 3.63) is 58.1 Å². The van der Waals surface area contributed by atoms with E-state index in [1.807, 2.05) is 13.8 Å². The van der Waals surface area contributed by atoms with Gasteiger partial charge in [-0.3, -0.25) is 4.79 Å². The van der Waals surface area contributed by atoms with Crippen LogP contribution in [0.3, 0.4) is 0 Å². The fourth-order valence-corrected chi connectivity index (χ4v) is 3.76. The second kappa shape index (κ2) is 8.02. The molecule has 1 amide bonds. The van der Waals surface area contributed by atoms with Crippen LogP contribution in [0, 0.1) is 12.3 Å². The molecule has 0 spiro atoms. The van der Waals surface area contributed by atoms with Gasteiger partial charge in [0.15, 0.2) is 0 Å².